The fourth-order valence-electron chi connectivity index (χ4n) is 2.80. The first-order valence-electron chi connectivity index (χ1n) is 7.15. The van der Waals surface area contributed by atoms with Gasteiger partial charge < -0.3 is 9.80 Å². The number of rotatable bonds is 4. The van der Waals surface area contributed by atoms with Gasteiger partial charge in [-0.05, 0) is 69.1 Å². The number of benzene rings is 1. The van der Waals surface area contributed by atoms with Gasteiger partial charge in [0.1, 0.15) is 0 Å². The van der Waals surface area contributed by atoms with Gasteiger partial charge in [0.25, 0.3) is 0 Å². The van der Waals surface area contributed by atoms with Crippen molar-refractivity contribution < 1.29 is 0 Å². The van der Waals surface area contributed by atoms with Crippen LogP contribution in [0.5, 0.6) is 0 Å². The Balaban J connectivity index is 1.96. The van der Waals surface area contributed by atoms with Crippen LogP contribution in [-0.2, 0) is 5.88 Å². The van der Waals surface area contributed by atoms with Crippen molar-refractivity contribution in [3.05, 3.63) is 29.3 Å². The van der Waals surface area contributed by atoms with Gasteiger partial charge in [-0.3, -0.25) is 0 Å². The normalized spacial score (nSPS) is 17.7. The van der Waals surface area contributed by atoms with E-state index < -0.39 is 0 Å². The number of hydrogen-bond acceptors (Lipinski definition) is 2. The Morgan fingerprint density at radius 1 is 1.32 bits per heavy atom. The summed E-state index contributed by atoms with van der Waals surface area (Å²) in [6.45, 7) is 5.78. The van der Waals surface area contributed by atoms with E-state index in [1.165, 1.54) is 42.7 Å². The Hall–Kier alpha value is -0.730. The van der Waals surface area contributed by atoms with Crippen molar-refractivity contribution in [1.29, 1.82) is 0 Å². The molecule has 0 unspecified atom stereocenters. The van der Waals surface area contributed by atoms with Crippen molar-refractivity contribution in [1.82, 2.24) is 4.90 Å². The van der Waals surface area contributed by atoms with Crippen molar-refractivity contribution in [2.75, 3.05) is 38.6 Å². The summed E-state index contributed by atoms with van der Waals surface area (Å²) in [5.74, 6) is 1.43. The van der Waals surface area contributed by atoms with Crippen LogP contribution in [0.1, 0.15) is 24.0 Å². The minimum Gasteiger partial charge on any atom is -0.374 e. The second kappa shape index (κ2) is 6.62. The largest absolute Gasteiger partial charge is 0.374 e. The molecule has 0 bridgehead atoms. The van der Waals surface area contributed by atoms with Crippen LogP contribution in [0.3, 0.4) is 0 Å². The smallest absolute Gasteiger partial charge is 0.0476 e. The topological polar surface area (TPSA) is 6.48 Å². The fourth-order valence-corrected chi connectivity index (χ4v) is 3.10. The van der Waals surface area contributed by atoms with E-state index in [1.54, 1.807) is 0 Å². The van der Waals surface area contributed by atoms with Crippen LogP contribution in [0.15, 0.2) is 18.2 Å². The summed E-state index contributed by atoms with van der Waals surface area (Å²) < 4.78 is 0. The summed E-state index contributed by atoms with van der Waals surface area (Å²) in [7, 11) is 4.42. The van der Waals surface area contributed by atoms with Crippen molar-refractivity contribution in [3.8, 4) is 0 Å². The zero-order valence-corrected chi connectivity index (χ0v) is 13.1. The number of piperidine rings is 1. The molecule has 2 nitrogen and oxygen atoms in total. The molecule has 0 radical (unpaired) electrons. The molecule has 0 N–H and O–H groups in total. The van der Waals surface area contributed by atoms with Gasteiger partial charge >= 0.3 is 0 Å². The third kappa shape index (κ3) is 3.87. The van der Waals surface area contributed by atoms with Gasteiger partial charge in [0.2, 0.25) is 0 Å². The molecule has 1 fully saturated rings. The first kappa shape index (κ1) is 14.7. The van der Waals surface area contributed by atoms with Gasteiger partial charge in [0, 0.05) is 25.2 Å². The number of hydrogen-bond donors (Lipinski definition) is 0. The zero-order chi connectivity index (χ0) is 13.8. The molecule has 106 valence electrons. The van der Waals surface area contributed by atoms with Crippen LogP contribution in [-0.4, -0.2) is 38.6 Å². The van der Waals surface area contributed by atoms with Crippen LogP contribution < -0.4 is 4.90 Å². The van der Waals surface area contributed by atoms with Crippen LogP contribution in [0.4, 0.5) is 5.69 Å². The quantitative estimate of drug-likeness (QED) is 0.779. The second-order valence-electron chi connectivity index (χ2n) is 5.87. The van der Waals surface area contributed by atoms with E-state index in [0.29, 0.717) is 5.88 Å². The molecule has 1 saturated heterocycles. The number of anilines is 1. The number of likely N-dealkylation sites (tertiary alicyclic amines) is 1. The van der Waals surface area contributed by atoms with E-state index in [1.807, 2.05) is 0 Å². The molecule has 0 aliphatic carbocycles. The van der Waals surface area contributed by atoms with Gasteiger partial charge in [-0.1, -0.05) is 6.07 Å². The van der Waals surface area contributed by atoms with Crippen molar-refractivity contribution in [2.24, 2.45) is 5.92 Å². The SMILES string of the molecule is Cc1cc(N(C)CC2CCN(C)CC2)ccc1CCl. The van der Waals surface area contributed by atoms with E-state index >= 15 is 0 Å². The van der Waals surface area contributed by atoms with E-state index in [-0.39, 0.29) is 0 Å². The molecule has 0 spiro atoms. The van der Waals surface area contributed by atoms with Gasteiger partial charge in [-0.15, -0.1) is 11.6 Å². The van der Waals surface area contributed by atoms with E-state index in [2.05, 4.69) is 49.0 Å². The molecule has 0 atom stereocenters. The van der Waals surface area contributed by atoms with Crippen LogP contribution >= 0.6 is 11.6 Å². The summed E-state index contributed by atoms with van der Waals surface area (Å²) in [6.07, 6.45) is 2.64. The van der Waals surface area contributed by atoms with Crippen LogP contribution in [0, 0.1) is 12.8 Å². The number of halogens is 1. The lowest BCUT2D eigenvalue weighted by Crippen LogP contribution is -2.35. The second-order valence-corrected chi connectivity index (χ2v) is 6.14. The molecule has 1 aromatic carbocycles. The van der Waals surface area contributed by atoms with Crippen molar-refractivity contribution >= 4 is 17.3 Å². The minimum absolute atomic E-state index is 0.602. The molecule has 0 aromatic heterocycles. The summed E-state index contributed by atoms with van der Waals surface area (Å²) in [5, 5.41) is 0. The minimum atomic E-state index is 0.602. The highest BCUT2D eigenvalue weighted by molar-refractivity contribution is 6.17. The third-order valence-corrected chi connectivity index (χ3v) is 4.57. The lowest BCUT2D eigenvalue weighted by Gasteiger charge is -2.32. The maximum atomic E-state index is 5.92. The first-order chi connectivity index (χ1) is 9.10. The van der Waals surface area contributed by atoms with Gasteiger partial charge in [0.05, 0.1) is 0 Å². The van der Waals surface area contributed by atoms with Gasteiger partial charge in [-0.25, -0.2) is 0 Å². The molecule has 0 saturated carbocycles. The number of nitrogens with zero attached hydrogens (tertiary/aromatic N) is 2. The Morgan fingerprint density at radius 2 is 2.00 bits per heavy atom. The van der Waals surface area contributed by atoms with E-state index in [9.17, 15) is 0 Å². The first-order valence-corrected chi connectivity index (χ1v) is 7.68. The highest BCUT2D eigenvalue weighted by Crippen LogP contribution is 2.23. The maximum absolute atomic E-state index is 5.92. The Morgan fingerprint density at radius 3 is 2.58 bits per heavy atom. The molecule has 0 amide bonds. The molecule has 1 aliphatic rings. The standard InChI is InChI=1S/C16H25ClN2/c1-13-10-16(5-4-15(13)11-17)19(3)12-14-6-8-18(2)9-7-14/h4-5,10,14H,6-9,11-12H2,1-3H3. The third-order valence-electron chi connectivity index (χ3n) is 4.28. The molecule has 1 heterocycles. The van der Waals surface area contributed by atoms with Crippen molar-refractivity contribution in [3.63, 3.8) is 0 Å². The zero-order valence-electron chi connectivity index (χ0n) is 12.3. The Kier molecular flexibility index (Phi) is 5.12. The highest BCUT2D eigenvalue weighted by Gasteiger charge is 2.18. The molecule has 19 heavy (non-hydrogen) atoms. The lowest BCUT2D eigenvalue weighted by atomic mass is 9.96. The predicted molar refractivity (Wildman–Crippen MR) is 84.2 cm³/mol. The van der Waals surface area contributed by atoms with E-state index in [4.69, 9.17) is 11.6 Å². The molecular formula is C16H25ClN2. The van der Waals surface area contributed by atoms with Gasteiger partial charge in [-0.2, -0.15) is 0 Å². The lowest BCUT2D eigenvalue weighted by molar-refractivity contribution is 0.222. The fraction of sp³-hybridized carbons (Fsp3) is 0.625. The summed E-state index contributed by atoms with van der Waals surface area (Å²) >= 11 is 5.92. The summed E-state index contributed by atoms with van der Waals surface area (Å²) in [6, 6.07) is 6.61. The van der Waals surface area contributed by atoms with Crippen LogP contribution in [0.2, 0.25) is 0 Å². The molecule has 1 aromatic rings. The Bertz CT molecular complexity index is 411. The number of aryl methyl sites for hydroxylation is 1. The Labute approximate surface area is 122 Å². The summed E-state index contributed by atoms with van der Waals surface area (Å²) in [4.78, 5) is 4.82. The molecule has 1 aliphatic heterocycles. The predicted octanol–water partition coefficient (Wildman–Crippen LogP) is 3.51. The molecule has 3 heteroatoms. The maximum Gasteiger partial charge on any atom is 0.0476 e. The van der Waals surface area contributed by atoms with Crippen molar-refractivity contribution in [2.45, 2.75) is 25.6 Å². The van der Waals surface area contributed by atoms with E-state index in [0.717, 1.165) is 12.5 Å². The van der Waals surface area contributed by atoms with Gasteiger partial charge in [0.15, 0.2) is 0 Å². The average molecular weight is 281 g/mol. The summed E-state index contributed by atoms with van der Waals surface area (Å²) in [5.41, 5.74) is 3.84. The van der Waals surface area contributed by atoms with Crippen LogP contribution in [0.25, 0.3) is 0 Å². The highest BCUT2D eigenvalue weighted by atomic mass is 35.5. The monoisotopic (exact) mass is 280 g/mol. The number of alkyl halides is 1. The molecule has 2 rings (SSSR count). The molecular weight excluding hydrogens is 256 g/mol. The average Bonchev–Trinajstić information content (AvgIpc) is 2.41.